The predicted octanol–water partition coefficient (Wildman–Crippen LogP) is 7.67. The lowest BCUT2D eigenvalue weighted by Crippen LogP contribution is -2.56. The number of fused-ring (bicyclic) bond motifs is 1. The summed E-state index contributed by atoms with van der Waals surface area (Å²) in [5.74, 6) is 0.0323. The van der Waals surface area contributed by atoms with Gasteiger partial charge in [0.05, 0.1) is 60.4 Å². The van der Waals surface area contributed by atoms with Gasteiger partial charge >= 0.3 is 0 Å². The van der Waals surface area contributed by atoms with Gasteiger partial charge in [-0.25, -0.2) is 4.98 Å². The number of nitro groups is 1. The Bertz CT molecular complexity index is 2520. The highest BCUT2D eigenvalue weighted by molar-refractivity contribution is 7.90. The van der Waals surface area contributed by atoms with Crippen LogP contribution in [0, 0.1) is 15.5 Å². The number of benzene rings is 4. The van der Waals surface area contributed by atoms with Crippen molar-refractivity contribution in [2.45, 2.75) is 50.2 Å². The molecule has 0 spiro atoms. The smallest absolute Gasteiger partial charge is 0.297 e. The molecule has 336 valence electrons. The number of rotatable bonds is 14. The number of halogens is 1. The summed E-state index contributed by atoms with van der Waals surface area (Å²) in [6, 6.07) is 23.7. The van der Waals surface area contributed by atoms with E-state index in [4.69, 9.17) is 25.8 Å². The van der Waals surface area contributed by atoms with Crippen molar-refractivity contribution in [3.05, 3.63) is 117 Å². The summed E-state index contributed by atoms with van der Waals surface area (Å²) >= 11 is 4.11. The molecule has 3 N–H and O–H groups in total. The Morgan fingerprint density at radius 2 is 1.84 bits per heavy atom. The fourth-order valence-corrected chi connectivity index (χ4v) is 9.93. The van der Waals surface area contributed by atoms with E-state index < -0.39 is 22.2 Å². The highest BCUT2D eigenvalue weighted by Gasteiger charge is 2.33. The minimum absolute atomic E-state index is 0.0712. The third-order valence-corrected chi connectivity index (χ3v) is 14.1. The number of hydrogen-bond donors (Lipinski definition) is 3. The van der Waals surface area contributed by atoms with Crippen molar-refractivity contribution in [1.29, 1.82) is 0 Å². The fourth-order valence-electron chi connectivity index (χ4n) is 9.00. The number of aromatic amines is 1. The lowest BCUT2D eigenvalue weighted by atomic mass is 9.72. The van der Waals surface area contributed by atoms with Crippen molar-refractivity contribution in [3.63, 3.8) is 0 Å². The Labute approximate surface area is 380 Å². The van der Waals surface area contributed by atoms with Crippen LogP contribution >= 0.6 is 11.6 Å². The minimum Gasteiger partial charge on any atom is -0.588 e. The molecule has 3 fully saturated rings. The van der Waals surface area contributed by atoms with Crippen LogP contribution in [-0.4, -0.2) is 119 Å². The number of anilines is 2. The van der Waals surface area contributed by atoms with Gasteiger partial charge in [-0.15, -0.1) is 0 Å². The monoisotopic (exact) mass is 908 g/mol. The minimum atomic E-state index is -2.14. The van der Waals surface area contributed by atoms with Crippen LogP contribution in [-0.2, 0) is 20.8 Å². The standard InChI is InChI=1S/C47H53ClN8O7S/c1-47(2)15-14-32(39(24-47)31-6-8-33(48)9-7-31)26-53-16-18-54(19-17-53)34-10-12-38(44(22-34)63-43-5-3-4-41-45(43)51-30-50-41)46(57)52-64(60)37-11-13-40(42(23-37)56(58)59)49-25-36-27-55(20-21-62-36)35-28-61-29-35/h3-13,22-23,30,35-36,49H,14-21,24-29H2,1-2H3,(H,50,51)(H,52,57)/t36-,64?/m0/s1. The quantitative estimate of drug-likeness (QED) is 0.0565. The topological polar surface area (TPSA) is 173 Å². The first kappa shape index (κ1) is 44.0. The number of carbonyl (C=O) groups is 1. The van der Waals surface area contributed by atoms with Crippen LogP contribution in [0.5, 0.6) is 11.5 Å². The van der Waals surface area contributed by atoms with Crippen LogP contribution in [0.25, 0.3) is 16.6 Å². The highest BCUT2D eigenvalue weighted by Crippen LogP contribution is 2.43. The maximum Gasteiger partial charge on any atom is 0.297 e. The van der Waals surface area contributed by atoms with Gasteiger partial charge in [-0.3, -0.25) is 24.7 Å². The Hall–Kier alpha value is -5.20. The van der Waals surface area contributed by atoms with Crippen LogP contribution in [0.2, 0.25) is 5.02 Å². The molecule has 64 heavy (non-hydrogen) atoms. The van der Waals surface area contributed by atoms with Crippen molar-refractivity contribution in [2.75, 3.05) is 82.4 Å². The molecular formula is C47H53ClN8O7S. The lowest BCUT2D eigenvalue weighted by Gasteiger charge is -2.42. The molecule has 0 bridgehead atoms. The number of nitro benzene ring substituents is 1. The fraction of sp³-hybridized carbons (Fsp3) is 0.404. The molecule has 15 nitrogen and oxygen atoms in total. The summed E-state index contributed by atoms with van der Waals surface area (Å²) in [5, 5.41) is 16.1. The van der Waals surface area contributed by atoms with E-state index in [2.05, 4.69) is 60.7 Å². The second-order valence-electron chi connectivity index (χ2n) is 17.7. The Balaban J connectivity index is 0.897. The average molecular weight is 910 g/mol. The van der Waals surface area contributed by atoms with E-state index in [1.54, 1.807) is 18.5 Å². The molecule has 1 unspecified atom stereocenters. The van der Waals surface area contributed by atoms with Gasteiger partial charge in [0.15, 0.2) is 10.6 Å². The number of aromatic nitrogens is 2. The predicted molar refractivity (Wildman–Crippen MR) is 249 cm³/mol. The number of para-hydroxylation sites is 1. The van der Waals surface area contributed by atoms with E-state index >= 15 is 0 Å². The van der Waals surface area contributed by atoms with Gasteiger partial charge in [0.2, 0.25) is 0 Å². The summed E-state index contributed by atoms with van der Waals surface area (Å²) < 4.78 is 34.0. The largest absolute Gasteiger partial charge is 0.588 e. The van der Waals surface area contributed by atoms with Crippen molar-refractivity contribution in [3.8, 4) is 11.5 Å². The van der Waals surface area contributed by atoms with Gasteiger partial charge < -0.3 is 34.0 Å². The SMILES string of the molecule is CC1(C)CCC(CN2CCN(c3ccc(C(=O)N[S+]([O-])c4ccc(NC[C@H]5CN(C6COC6)CCO5)c([N+](=O)[O-])c4)c(Oc4cccc5[nH]cnc45)c3)CC2)=C(c2ccc(Cl)cc2)C1. The number of amides is 1. The van der Waals surface area contributed by atoms with Gasteiger partial charge in [-0.05, 0) is 84.3 Å². The number of piperazine rings is 1. The lowest BCUT2D eigenvalue weighted by molar-refractivity contribution is -0.384. The number of nitrogens with one attached hydrogen (secondary N) is 3. The second-order valence-corrected chi connectivity index (χ2v) is 19.4. The number of morpholine rings is 1. The van der Waals surface area contributed by atoms with Crippen LogP contribution in [0.3, 0.4) is 0 Å². The van der Waals surface area contributed by atoms with Gasteiger partial charge in [0.25, 0.3) is 11.6 Å². The molecule has 17 heteroatoms. The summed E-state index contributed by atoms with van der Waals surface area (Å²) in [7, 11) is 0. The summed E-state index contributed by atoms with van der Waals surface area (Å²) in [4.78, 5) is 40.4. The highest BCUT2D eigenvalue weighted by atomic mass is 35.5. The molecular weight excluding hydrogens is 856 g/mol. The number of carbonyl (C=O) groups excluding carboxylic acids is 1. The molecule has 0 saturated carbocycles. The van der Waals surface area contributed by atoms with Gasteiger partial charge in [-0.2, -0.15) is 4.72 Å². The molecule has 4 aromatic carbocycles. The number of hydrogen-bond acceptors (Lipinski definition) is 12. The second kappa shape index (κ2) is 19.1. The first-order valence-electron chi connectivity index (χ1n) is 21.8. The molecule has 9 rings (SSSR count). The van der Waals surface area contributed by atoms with Crippen LogP contribution in [0.1, 0.15) is 49.0 Å². The zero-order valence-electron chi connectivity index (χ0n) is 36.0. The van der Waals surface area contributed by atoms with E-state index in [0.29, 0.717) is 50.2 Å². The molecule has 3 aliphatic heterocycles. The van der Waals surface area contributed by atoms with E-state index in [1.165, 1.54) is 34.9 Å². The van der Waals surface area contributed by atoms with Gasteiger partial charge in [0.1, 0.15) is 28.3 Å². The number of nitrogens with zero attached hydrogens (tertiary/aromatic N) is 5. The molecule has 5 aromatic rings. The molecule has 1 aliphatic carbocycles. The molecule has 2 atom stereocenters. The first-order valence-corrected chi connectivity index (χ1v) is 23.4. The maximum absolute atomic E-state index is 14.0. The maximum atomic E-state index is 14.0. The molecule has 4 aliphatic rings. The van der Waals surface area contributed by atoms with Gasteiger partial charge in [-0.1, -0.05) is 49.2 Å². The van der Waals surface area contributed by atoms with Crippen molar-refractivity contribution in [1.82, 2.24) is 24.5 Å². The number of imidazole rings is 1. The average Bonchev–Trinajstić information content (AvgIpc) is 3.76. The first-order chi connectivity index (χ1) is 31.0. The molecule has 1 amide bonds. The number of ether oxygens (including phenoxy) is 3. The van der Waals surface area contributed by atoms with Crippen LogP contribution in [0.15, 0.2) is 95.7 Å². The van der Waals surface area contributed by atoms with Crippen LogP contribution < -0.4 is 19.7 Å². The van der Waals surface area contributed by atoms with E-state index in [0.717, 1.165) is 74.8 Å². The van der Waals surface area contributed by atoms with Crippen molar-refractivity contribution < 1.29 is 28.5 Å². The normalized spacial score (nSPS) is 20.2. The summed E-state index contributed by atoms with van der Waals surface area (Å²) in [6.07, 6.45) is 4.66. The summed E-state index contributed by atoms with van der Waals surface area (Å²) in [6.45, 7) is 12.7. The zero-order valence-corrected chi connectivity index (χ0v) is 37.6. The number of H-pyrrole nitrogens is 1. The van der Waals surface area contributed by atoms with Crippen LogP contribution in [0.4, 0.5) is 17.1 Å². The van der Waals surface area contributed by atoms with Crippen molar-refractivity contribution >= 4 is 62.5 Å². The Morgan fingerprint density at radius 1 is 1.03 bits per heavy atom. The Kier molecular flexibility index (Phi) is 13.1. The molecule has 4 heterocycles. The molecule has 0 radical (unpaired) electrons. The van der Waals surface area contributed by atoms with Gasteiger partial charge in [0, 0.05) is 69.1 Å². The zero-order chi connectivity index (χ0) is 44.4. The number of allylic oxidation sites excluding steroid dienone is 1. The van der Waals surface area contributed by atoms with E-state index in [1.807, 2.05) is 36.4 Å². The van der Waals surface area contributed by atoms with Crippen molar-refractivity contribution in [2.24, 2.45) is 5.41 Å². The van der Waals surface area contributed by atoms with E-state index in [9.17, 15) is 19.5 Å². The molecule has 3 saturated heterocycles. The third-order valence-electron chi connectivity index (χ3n) is 12.8. The van der Waals surface area contributed by atoms with E-state index in [-0.39, 0.29) is 39.1 Å². The summed E-state index contributed by atoms with van der Waals surface area (Å²) in [5.41, 5.74) is 6.80. The Morgan fingerprint density at radius 3 is 2.61 bits per heavy atom. The molecule has 1 aromatic heterocycles. The third kappa shape index (κ3) is 10.0.